The number of likely N-dealkylation sites (tertiary alicyclic amines) is 1. The van der Waals surface area contributed by atoms with Crippen molar-refractivity contribution < 1.29 is 19.1 Å². The van der Waals surface area contributed by atoms with Crippen molar-refractivity contribution >= 4 is 40.4 Å². The van der Waals surface area contributed by atoms with Gasteiger partial charge in [0.25, 0.3) is 11.8 Å². The summed E-state index contributed by atoms with van der Waals surface area (Å²) in [6.07, 6.45) is 1.17. The van der Waals surface area contributed by atoms with E-state index in [4.69, 9.17) is 4.74 Å². The molecule has 0 aliphatic carbocycles. The van der Waals surface area contributed by atoms with Gasteiger partial charge in [0.2, 0.25) is 5.91 Å². The van der Waals surface area contributed by atoms with Gasteiger partial charge in [-0.2, -0.15) is 0 Å². The number of para-hydroxylation sites is 1. The highest BCUT2D eigenvalue weighted by Gasteiger charge is 2.28. The van der Waals surface area contributed by atoms with Crippen LogP contribution in [0.3, 0.4) is 0 Å². The van der Waals surface area contributed by atoms with Gasteiger partial charge in [0, 0.05) is 24.7 Å². The molecule has 0 saturated carbocycles. The van der Waals surface area contributed by atoms with Crippen molar-refractivity contribution in [3.05, 3.63) is 76.5 Å². The molecule has 3 amide bonds. The minimum atomic E-state index is -0.313. The molecule has 0 unspecified atom stereocenters. The van der Waals surface area contributed by atoms with Gasteiger partial charge in [0.05, 0.1) is 23.2 Å². The first-order chi connectivity index (χ1) is 16.0. The van der Waals surface area contributed by atoms with Crippen molar-refractivity contribution in [3.8, 4) is 5.75 Å². The van der Waals surface area contributed by atoms with Crippen LogP contribution in [0.1, 0.15) is 32.9 Å². The van der Waals surface area contributed by atoms with Crippen LogP contribution in [0.2, 0.25) is 0 Å². The summed E-state index contributed by atoms with van der Waals surface area (Å²) in [5.74, 6) is 0.0543. The van der Waals surface area contributed by atoms with Crippen LogP contribution in [0.25, 0.3) is 0 Å². The van der Waals surface area contributed by atoms with E-state index in [0.717, 1.165) is 4.88 Å². The van der Waals surface area contributed by atoms with Crippen molar-refractivity contribution in [2.24, 2.45) is 5.92 Å². The monoisotopic (exact) mass is 463 g/mol. The molecule has 0 atom stereocenters. The second-order valence-electron chi connectivity index (χ2n) is 7.76. The Hall–Kier alpha value is -3.65. The molecule has 7 nitrogen and oxygen atoms in total. The molecule has 2 N–H and O–H groups in total. The number of nitrogens with zero attached hydrogens (tertiary/aromatic N) is 1. The summed E-state index contributed by atoms with van der Waals surface area (Å²) < 4.78 is 5.14. The molecule has 1 fully saturated rings. The number of nitrogens with one attached hydrogen (secondary N) is 2. The number of hydrogen-bond acceptors (Lipinski definition) is 5. The number of hydrogen-bond donors (Lipinski definition) is 2. The zero-order valence-corrected chi connectivity index (χ0v) is 19.1. The maximum atomic E-state index is 12.9. The van der Waals surface area contributed by atoms with Gasteiger partial charge in [-0.3, -0.25) is 14.4 Å². The van der Waals surface area contributed by atoms with E-state index in [9.17, 15) is 14.4 Å². The lowest BCUT2D eigenvalue weighted by atomic mass is 9.95. The first kappa shape index (κ1) is 22.5. The van der Waals surface area contributed by atoms with Gasteiger partial charge in [0.15, 0.2) is 0 Å². The molecule has 2 heterocycles. The van der Waals surface area contributed by atoms with Crippen LogP contribution < -0.4 is 15.4 Å². The summed E-state index contributed by atoms with van der Waals surface area (Å²) in [6.45, 7) is 1.07. The van der Waals surface area contributed by atoms with Crippen molar-refractivity contribution in [3.63, 3.8) is 0 Å². The Bertz CT molecular complexity index is 1120. The topological polar surface area (TPSA) is 87.7 Å². The van der Waals surface area contributed by atoms with Crippen LogP contribution in [0, 0.1) is 5.92 Å². The molecule has 0 bridgehead atoms. The first-order valence-corrected chi connectivity index (χ1v) is 11.6. The highest BCUT2D eigenvalue weighted by molar-refractivity contribution is 7.12. The van der Waals surface area contributed by atoms with Crippen LogP contribution in [-0.4, -0.2) is 42.8 Å². The van der Waals surface area contributed by atoms with E-state index >= 15 is 0 Å². The zero-order valence-electron chi connectivity index (χ0n) is 18.2. The van der Waals surface area contributed by atoms with Gasteiger partial charge in [-0.05, 0) is 60.7 Å². The number of carbonyl (C=O) groups is 3. The second kappa shape index (κ2) is 10.3. The minimum absolute atomic E-state index is 0.0180. The standard InChI is InChI=1S/C25H25N3O4S/c1-32-19-10-8-18(9-11-19)26-24(30)20-5-2-3-6-21(20)27-23(29)17-12-14-28(15-13-17)25(31)22-7-4-16-33-22/h2-11,16-17H,12-15H2,1H3,(H,26,30)(H,27,29). The number of thiophene rings is 1. The number of amides is 3. The third-order valence-corrected chi connectivity index (χ3v) is 6.52. The number of piperidine rings is 1. The molecule has 1 saturated heterocycles. The fourth-order valence-corrected chi connectivity index (χ4v) is 4.49. The summed E-state index contributed by atoms with van der Waals surface area (Å²) in [5, 5.41) is 7.65. The molecule has 2 aromatic carbocycles. The largest absolute Gasteiger partial charge is 0.497 e. The Balaban J connectivity index is 1.36. The van der Waals surface area contributed by atoms with Crippen molar-refractivity contribution in [2.75, 3.05) is 30.8 Å². The van der Waals surface area contributed by atoms with E-state index in [2.05, 4.69) is 10.6 Å². The maximum absolute atomic E-state index is 12.9. The van der Waals surface area contributed by atoms with E-state index in [0.29, 0.717) is 48.6 Å². The van der Waals surface area contributed by atoms with E-state index in [1.54, 1.807) is 60.5 Å². The molecule has 1 aliphatic rings. The molecule has 1 aliphatic heterocycles. The van der Waals surface area contributed by atoms with Gasteiger partial charge in [-0.15, -0.1) is 11.3 Å². The summed E-state index contributed by atoms with van der Waals surface area (Å²) in [6, 6.07) is 17.6. The highest BCUT2D eigenvalue weighted by Crippen LogP contribution is 2.24. The summed E-state index contributed by atoms with van der Waals surface area (Å²) in [5.41, 5.74) is 1.47. The van der Waals surface area contributed by atoms with Gasteiger partial charge in [0.1, 0.15) is 5.75 Å². The molecule has 4 rings (SSSR count). The third-order valence-electron chi connectivity index (χ3n) is 5.66. The average Bonchev–Trinajstić information content (AvgIpc) is 3.39. The molecular formula is C25H25N3O4S. The van der Waals surface area contributed by atoms with Gasteiger partial charge >= 0.3 is 0 Å². The number of rotatable bonds is 6. The molecule has 1 aromatic heterocycles. The third kappa shape index (κ3) is 5.40. The van der Waals surface area contributed by atoms with Gasteiger partial charge in [-0.1, -0.05) is 18.2 Å². The Morgan fingerprint density at radius 2 is 1.67 bits per heavy atom. The fraction of sp³-hybridized carbons (Fsp3) is 0.240. The Morgan fingerprint density at radius 3 is 2.33 bits per heavy atom. The number of methoxy groups -OCH3 is 1. The molecular weight excluding hydrogens is 438 g/mol. The average molecular weight is 464 g/mol. The number of benzene rings is 2. The number of ether oxygens (including phenoxy) is 1. The van der Waals surface area contributed by atoms with Crippen LogP contribution in [0.4, 0.5) is 11.4 Å². The molecule has 170 valence electrons. The fourth-order valence-electron chi connectivity index (χ4n) is 3.80. The molecule has 8 heteroatoms. The van der Waals surface area contributed by atoms with Crippen molar-refractivity contribution in [2.45, 2.75) is 12.8 Å². The SMILES string of the molecule is COc1ccc(NC(=O)c2ccccc2NC(=O)C2CCN(C(=O)c3cccs3)CC2)cc1. The predicted molar refractivity (Wildman–Crippen MR) is 129 cm³/mol. The van der Waals surface area contributed by atoms with Gasteiger partial charge in [-0.25, -0.2) is 0 Å². The van der Waals surface area contributed by atoms with Crippen molar-refractivity contribution in [1.29, 1.82) is 0 Å². The van der Waals surface area contributed by atoms with Crippen LogP contribution in [-0.2, 0) is 4.79 Å². The van der Waals surface area contributed by atoms with Crippen LogP contribution in [0.5, 0.6) is 5.75 Å². The molecule has 0 radical (unpaired) electrons. The maximum Gasteiger partial charge on any atom is 0.263 e. The van der Waals surface area contributed by atoms with E-state index < -0.39 is 0 Å². The molecule has 0 spiro atoms. The molecule has 33 heavy (non-hydrogen) atoms. The highest BCUT2D eigenvalue weighted by atomic mass is 32.1. The second-order valence-corrected chi connectivity index (χ2v) is 8.71. The lowest BCUT2D eigenvalue weighted by molar-refractivity contribution is -0.121. The van der Waals surface area contributed by atoms with E-state index in [1.807, 2.05) is 17.5 Å². The van der Waals surface area contributed by atoms with Gasteiger partial charge < -0.3 is 20.3 Å². The first-order valence-electron chi connectivity index (χ1n) is 10.7. The Labute approximate surface area is 196 Å². The lowest BCUT2D eigenvalue weighted by Crippen LogP contribution is -2.41. The van der Waals surface area contributed by atoms with E-state index in [-0.39, 0.29) is 23.6 Å². The lowest BCUT2D eigenvalue weighted by Gasteiger charge is -2.31. The quantitative estimate of drug-likeness (QED) is 0.563. The minimum Gasteiger partial charge on any atom is -0.497 e. The van der Waals surface area contributed by atoms with Crippen LogP contribution in [0.15, 0.2) is 66.0 Å². The summed E-state index contributed by atoms with van der Waals surface area (Å²) >= 11 is 1.43. The molecule has 3 aromatic rings. The zero-order chi connectivity index (χ0) is 23.2. The van der Waals surface area contributed by atoms with E-state index in [1.165, 1.54) is 11.3 Å². The Kier molecular flexibility index (Phi) is 7.04. The summed E-state index contributed by atoms with van der Waals surface area (Å²) in [7, 11) is 1.58. The van der Waals surface area contributed by atoms with Crippen LogP contribution >= 0.6 is 11.3 Å². The predicted octanol–water partition coefficient (Wildman–Crippen LogP) is 4.50. The van der Waals surface area contributed by atoms with Crippen molar-refractivity contribution in [1.82, 2.24) is 4.90 Å². The Morgan fingerprint density at radius 1 is 0.939 bits per heavy atom. The normalized spacial score (nSPS) is 13.9. The number of carbonyl (C=O) groups excluding carboxylic acids is 3. The number of anilines is 2. The summed E-state index contributed by atoms with van der Waals surface area (Å²) in [4.78, 5) is 40.8. The smallest absolute Gasteiger partial charge is 0.263 e.